The summed E-state index contributed by atoms with van der Waals surface area (Å²) in [6.07, 6.45) is 24.4. The van der Waals surface area contributed by atoms with Crippen LogP contribution in [0.4, 0.5) is 0 Å². The normalized spacial score (nSPS) is 10.6. The first-order chi connectivity index (χ1) is 11.4. The Morgan fingerprint density at radius 3 is 1.58 bits per heavy atom. The van der Waals surface area contributed by atoms with Crippen molar-refractivity contribution >= 4 is 20.4 Å². The maximum atomic E-state index is 8.00. The molecule has 0 amide bonds. The molecular weight excluding hydrogens is 343 g/mol. The van der Waals surface area contributed by atoms with Crippen LogP contribution in [-0.4, -0.2) is 20.4 Å². The number of carbonyl (C=O) groups excluding carboxylic acids is 3. The van der Waals surface area contributed by atoms with E-state index in [9.17, 15) is 0 Å². The van der Waals surface area contributed by atoms with Crippen LogP contribution in [-0.2, 0) is 31.5 Å². The Balaban J connectivity index is -0.000000256. The maximum Gasteiger partial charge on any atom is 0.106 e. The van der Waals surface area contributed by atoms with Crippen LogP contribution in [0.25, 0.3) is 0 Å². The van der Waals surface area contributed by atoms with Gasteiger partial charge in [-0.3, -0.25) is 6.08 Å². The Bertz CT molecular complexity index is 273. The van der Waals surface area contributed by atoms with Crippen molar-refractivity contribution in [1.82, 2.24) is 0 Å². The number of rotatable bonds is 11. The third kappa shape index (κ3) is 25.9. The molecule has 1 aliphatic rings. The molecule has 0 aliphatic heterocycles. The van der Waals surface area contributed by atoms with Gasteiger partial charge in [0.25, 0.3) is 0 Å². The van der Waals surface area contributed by atoms with Crippen molar-refractivity contribution in [2.24, 2.45) is 0 Å². The summed E-state index contributed by atoms with van der Waals surface area (Å²) >= 11 is 0. The fourth-order valence-electron chi connectivity index (χ4n) is 2.42. The molecule has 0 aromatic carbocycles. The molecule has 0 aromatic rings. The van der Waals surface area contributed by atoms with Crippen LogP contribution in [0.1, 0.15) is 84.0 Å². The van der Waals surface area contributed by atoms with E-state index >= 15 is 0 Å². The molecule has 4 heteroatoms. The van der Waals surface area contributed by atoms with E-state index in [4.69, 9.17) is 14.4 Å². The van der Waals surface area contributed by atoms with Crippen molar-refractivity contribution in [3.63, 3.8) is 0 Å². The molecule has 0 aromatic heterocycles. The molecule has 24 heavy (non-hydrogen) atoms. The third-order valence-corrected chi connectivity index (χ3v) is 3.57. The van der Waals surface area contributed by atoms with Crippen LogP contribution in [0.3, 0.4) is 0 Å². The van der Waals surface area contributed by atoms with Gasteiger partial charge in [0, 0.05) is 17.1 Å². The van der Waals surface area contributed by atoms with Crippen LogP contribution < -0.4 is 0 Å². The molecule has 0 saturated carbocycles. The van der Waals surface area contributed by atoms with Gasteiger partial charge in [-0.15, -0.1) is 6.42 Å². The average Bonchev–Trinajstić information content (AvgIpc) is 3.15. The SMILES string of the molecule is C=O.C=O.C=O.CCCCCCCCCCCCC1=[C-]CC=C1.[Mn]. The topological polar surface area (TPSA) is 51.2 Å². The summed E-state index contributed by atoms with van der Waals surface area (Å²) in [5, 5.41) is 0. The third-order valence-electron chi connectivity index (χ3n) is 3.57. The minimum Gasteiger partial charge on any atom is -0.307 e. The second-order valence-corrected chi connectivity index (χ2v) is 5.24. The van der Waals surface area contributed by atoms with E-state index in [1.807, 2.05) is 20.4 Å². The Morgan fingerprint density at radius 1 is 0.792 bits per heavy atom. The number of allylic oxidation sites excluding steroid dienone is 4. The standard InChI is InChI=1S/C17H29.3CH2O.Mn/c1-2-3-4-5-6-7-8-9-10-11-14-17-15-12-13-16-17;3*1-2;/h12,15H,2-11,13-14H2,1H3;3*1H2;/q-1;;;;. The van der Waals surface area contributed by atoms with E-state index < -0.39 is 0 Å². The molecule has 0 saturated heterocycles. The van der Waals surface area contributed by atoms with Crippen LogP contribution in [0.5, 0.6) is 0 Å². The summed E-state index contributed by atoms with van der Waals surface area (Å²) in [6.45, 7) is 8.28. The molecule has 3 nitrogen and oxygen atoms in total. The zero-order valence-corrected chi connectivity index (χ0v) is 16.5. The van der Waals surface area contributed by atoms with Gasteiger partial charge < -0.3 is 14.4 Å². The van der Waals surface area contributed by atoms with Gasteiger partial charge in [0.15, 0.2) is 0 Å². The van der Waals surface area contributed by atoms with Gasteiger partial charge in [-0.25, -0.2) is 11.6 Å². The summed E-state index contributed by atoms with van der Waals surface area (Å²) < 4.78 is 0. The van der Waals surface area contributed by atoms with Crippen LogP contribution in [0.2, 0.25) is 0 Å². The molecule has 141 valence electrons. The van der Waals surface area contributed by atoms with Gasteiger partial charge >= 0.3 is 0 Å². The Kier molecular flexibility index (Phi) is 43.2. The zero-order chi connectivity index (χ0) is 18.2. The predicted molar refractivity (Wildman–Crippen MR) is 98.3 cm³/mol. The van der Waals surface area contributed by atoms with Crippen LogP contribution in [0.15, 0.2) is 17.7 Å². The van der Waals surface area contributed by atoms with E-state index in [0.717, 1.165) is 6.42 Å². The summed E-state index contributed by atoms with van der Waals surface area (Å²) in [7, 11) is 0. The summed E-state index contributed by atoms with van der Waals surface area (Å²) in [5.41, 5.74) is 1.45. The fourth-order valence-corrected chi connectivity index (χ4v) is 2.42. The quantitative estimate of drug-likeness (QED) is 0.274. The van der Waals surface area contributed by atoms with Gasteiger partial charge in [-0.05, 0) is 0 Å². The molecule has 0 bridgehead atoms. The number of unbranched alkanes of at least 4 members (excludes halogenated alkanes) is 9. The zero-order valence-electron chi connectivity index (χ0n) is 15.4. The largest absolute Gasteiger partial charge is 0.307 e. The summed E-state index contributed by atoms with van der Waals surface area (Å²) in [4.78, 5) is 24.0. The minimum atomic E-state index is 0. The second kappa shape index (κ2) is 33.6. The number of hydrogen-bond acceptors (Lipinski definition) is 3. The van der Waals surface area contributed by atoms with Crippen molar-refractivity contribution in [3.05, 3.63) is 23.8 Å². The Labute approximate surface area is 159 Å². The molecule has 0 heterocycles. The maximum absolute atomic E-state index is 8.00. The molecule has 0 spiro atoms. The molecule has 1 aliphatic carbocycles. The van der Waals surface area contributed by atoms with Crippen molar-refractivity contribution in [2.75, 3.05) is 0 Å². The van der Waals surface area contributed by atoms with E-state index in [1.54, 1.807) is 0 Å². The molecule has 0 fully saturated rings. The molecule has 0 atom stereocenters. The minimum absolute atomic E-state index is 0. The van der Waals surface area contributed by atoms with Crippen LogP contribution in [0, 0.1) is 6.08 Å². The first-order valence-electron chi connectivity index (χ1n) is 8.56. The van der Waals surface area contributed by atoms with E-state index in [-0.39, 0.29) is 17.1 Å². The van der Waals surface area contributed by atoms with Crippen molar-refractivity contribution in [1.29, 1.82) is 0 Å². The summed E-state index contributed by atoms with van der Waals surface area (Å²) in [5.74, 6) is 0. The van der Waals surface area contributed by atoms with Gasteiger partial charge in [-0.1, -0.05) is 77.6 Å². The first kappa shape index (κ1) is 30.8. The van der Waals surface area contributed by atoms with Crippen LogP contribution >= 0.6 is 0 Å². The molecular formula is C20H35MnO3-. The number of hydrogen-bond donors (Lipinski definition) is 0. The first-order valence-corrected chi connectivity index (χ1v) is 8.56. The van der Waals surface area contributed by atoms with Gasteiger partial charge in [0.05, 0.1) is 0 Å². The monoisotopic (exact) mass is 378 g/mol. The summed E-state index contributed by atoms with van der Waals surface area (Å²) in [6, 6.07) is 0. The number of carbonyl (C=O) groups is 3. The smallest absolute Gasteiger partial charge is 0.106 e. The average molecular weight is 378 g/mol. The Hall–Kier alpha value is -0.991. The van der Waals surface area contributed by atoms with Crippen molar-refractivity contribution < 1.29 is 31.5 Å². The van der Waals surface area contributed by atoms with E-state index in [2.05, 4.69) is 25.2 Å². The molecule has 0 N–H and O–H groups in total. The van der Waals surface area contributed by atoms with Gasteiger partial charge in [0.1, 0.15) is 20.4 Å². The second-order valence-electron chi connectivity index (χ2n) is 5.24. The van der Waals surface area contributed by atoms with Gasteiger partial charge in [0.2, 0.25) is 0 Å². The Morgan fingerprint density at radius 2 is 1.21 bits per heavy atom. The van der Waals surface area contributed by atoms with E-state index in [0.29, 0.717) is 0 Å². The van der Waals surface area contributed by atoms with Crippen molar-refractivity contribution in [2.45, 2.75) is 84.0 Å². The fraction of sp³-hybridized carbons (Fsp3) is 0.650. The van der Waals surface area contributed by atoms with Crippen molar-refractivity contribution in [3.8, 4) is 0 Å². The predicted octanol–water partition coefficient (Wildman–Crippen LogP) is 5.43. The molecule has 0 unspecified atom stereocenters. The van der Waals surface area contributed by atoms with E-state index in [1.165, 1.54) is 76.2 Å². The van der Waals surface area contributed by atoms with Gasteiger partial charge in [-0.2, -0.15) is 6.08 Å². The molecule has 1 radical (unpaired) electrons. The molecule has 1 rings (SSSR count).